The molecule has 1 aromatic heterocycles. The van der Waals surface area contributed by atoms with Gasteiger partial charge in [-0.05, 0) is 46.5 Å². The van der Waals surface area contributed by atoms with Gasteiger partial charge in [0.05, 0.1) is 22.4 Å². The summed E-state index contributed by atoms with van der Waals surface area (Å²) >= 11 is 2.96. The minimum absolute atomic E-state index is 0.00317. The van der Waals surface area contributed by atoms with Crippen molar-refractivity contribution in [1.29, 1.82) is 0 Å². The Kier molecular flexibility index (Phi) is 7.59. The number of nitrogens with zero attached hydrogens (tertiary/aromatic N) is 1. The highest BCUT2D eigenvalue weighted by molar-refractivity contribution is 8.01. The van der Waals surface area contributed by atoms with Crippen molar-refractivity contribution >= 4 is 61.6 Å². The van der Waals surface area contributed by atoms with Gasteiger partial charge in [0.1, 0.15) is 0 Å². The lowest BCUT2D eigenvalue weighted by Crippen LogP contribution is -2.27. The van der Waals surface area contributed by atoms with Gasteiger partial charge in [0.2, 0.25) is 11.8 Å². The highest BCUT2D eigenvalue weighted by Crippen LogP contribution is 2.31. The lowest BCUT2D eigenvalue weighted by atomic mass is 10.0. The predicted octanol–water partition coefficient (Wildman–Crippen LogP) is 6.08. The molecule has 7 heteroatoms. The topological polar surface area (TPSA) is 71.1 Å². The maximum atomic E-state index is 12.7. The molecule has 0 unspecified atom stereocenters. The van der Waals surface area contributed by atoms with Crippen LogP contribution in [0.25, 0.3) is 21.0 Å². The number of thioether (sulfide) groups is 1. The van der Waals surface area contributed by atoms with E-state index in [0.29, 0.717) is 18.7 Å². The lowest BCUT2D eigenvalue weighted by molar-refractivity contribution is -0.118. The summed E-state index contributed by atoms with van der Waals surface area (Å²) < 4.78 is 1.81. The summed E-state index contributed by atoms with van der Waals surface area (Å²) in [7, 11) is 0. The number of thiazole rings is 1. The van der Waals surface area contributed by atoms with E-state index in [9.17, 15) is 9.59 Å². The van der Waals surface area contributed by atoms with E-state index in [-0.39, 0.29) is 11.8 Å². The van der Waals surface area contributed by atoms with Gasteiger partial charge in [-0.15, -0.1) is 11.3 Å². The molecule has 5 aromatic rings. The maximum absolute atomic E-state index is 12.7. The van der Waals surface area contributed by atoms with Crippen molar-refractivity contribution in [3.8, 4) is 0 Å². The molecule has 0 fully saturated rings. The van der Waals surface area contributed by atoms with E-state index in [1.165, 1.54) is 28.7 Å². The van der Waals surface area contributed by atoms with Crippen molar-refractivity contribution in [3.63, 3.8) is 0 Å². The van der Waals surface area contributed by atoms with Gasteiger partial charge >= 0.3 is 0 Å². The summed E-state index contributed by atoms with van der Waals surface area (Å²) in [6, 6.07) is 29.9. The summed E-state index contributed by atoms with van der Waals surface area (Å²) in [4.78, 5) is 29.6. The van der Waals surface area contributed by atoms with E-state index >= 15 is 0 Å². The minimum Gasteiger partial charge on any atom is -0.355 e. The average Bonchev–Trinajstić information content (AvgIpc) is 3.31. The SMILES string of the molecule is O=C(CSc1nc2ccc(NC(=O)Cc3cccc4ccccc34)cc2s1)NCCc1ccccc1. The van der Waals surface area contributed by atoms with Crippen molar-refractivity contribution in [2.75, 3.05) is 17.6 Å². The highest BCUT2D eigenvalue weighted by Gasteiger charge is 2.11. The summed E-state index contributed by atoms with van der Waals surface area (Å²) in [5, 5.41) is 8.20. The lowest BCUT2D eigenvalue weighted by Gasteiger charge is -2.08. The van der Waals surface area contributed by atoms with Crippen LogP contribution in [0.2, 0.25) is 0 Å². The second-order valence-electron chi connectivity index (χ2n) is 8.40. The zero-order valence-corrected chi connectivity index (χ0v) is 21.2. The standard InChI is InChI=1S/C29H25N3O2S2/c33-27(17-22-11-6-10-21-9-4-5-12-24(21)22)31-23-13-14-25-26(18-23)36-29(32-25)35-19-28(34)30-16-15-20-7-2-1-3-8-20/h1-14,18H,15-17,19H2,(H,30,34)(H,31,33). The third-order valence-corrected chi connectivity index (χ3v) is 7.95. The van der Waals surface area contributed by atoms with E-state index in [1.807, 2.05) is 66.7 Å². The Morgan fingerprint density at radius 3 is 2.56 bits per heavy atom. The Labute approximate surface area is 218 Å². The number of amides is 2. The molecule has 0 radical (unpaired) electrons. The van der Waals surface area contributed by atoms with Gasteiger partial charge in [-0.25, -0.2) is 4.98 Å². The summed E-state index contributed by atoms with van der Waals surface area (Å²) in [5.74, 6) is 0.261. The summed E-state index contributed by atoms with van der Waals surface area (Å²) in [6.07, 6.45) is 1.12. The molecule has 180 valence electrons. The second-order valence-corrected chi connectivity index (χ2v) is 10.7. The first-order valence-corrected chi connectivity index (χ1v) is 13.5. The Morgan fingerprint density at radius 2 is 1.67 bits per heavy atom. The molecule has 0 saturated carbocycles. The fraction of sp³-hybridized carbons (Fsp3) is 0.138. The molecule has 2 amide bonds. The van der Waals surface area contributed by atoms with Gasteiger partial charge in [0.25, 0.3) is 0 Å². The number of carbonyl (C=O) groups excluding carboxylic acids is 2. The molecule has 0 atom stereocenters. The monoisotopic (exact) mass is 511 g/mol. The van der Waals surface area contributed by atoms with E-state index in [1.54, 1.807) is 0 Å². The van der Waals surface area contributed by atoms with Crippen LogP contribution < -0.4 is 10.6 Å². The van der Waals surface area contributed by atoms with E-state index in [2.05, 4.69) is 39.9 Å². The zero-order chi connectivity index (χ0) is 24.7. The number of fused-ring (bicyclic) bond motifs is 2. The number of aromatic nitrogens is 1. The Hall–Kier alpha value is -3.68. The van der Waals surface area contributed by atoms with Gasteiger partial charge in [0, 0.05) is 12.2 Å². The van der Waals surface area contributed by atoms with E-state index < -0.39 is 0 Å². The fourth-order valence-corrected chi connectivity index (χ4v) is 5.97. The van der Waals surface area contributed by atoms with Crippen LogP contribution in [0.1, 0.15) is 11.1 Å². The molecule has 0 aliphatic rings. The smallest absolute Gasteiger partial charge is 0.230 e. The number of hydrogen-bond acceptors (Lipinski definition) is 5. The molecule has 1 heterocycles. The molecule has 2 N–H and O–H groups in total. The molecule has 5 rings (SSSR count). The van der Waals surface area contributed by atoms with Crippen LogP contribution in [0.5, 0.6) is 0 Å². The fourth-order valence-electron chi connectivity index (χ4n) is 4.04. The molecule has 0 spiro atoms. The number of benzene rings is 4. The number of anilines is 1. The molecular weight excluding hydrogens is 486 g/mol. The van der Waals surface area contributed by atoms with Crippen molar-refractivity contribution in [2.24, 2.45) is 0 Å². The predicted molar refractivity (Wildman–Crippen MR) is 150 cm³/mol. The number of nitrogens with one attached hydrogen (secondary N) is 2. The largest absolute Gasteiger partial charge is 0.355 e. The van der Waals surface area contributed by atoms with Crippen LogP contribution >= 0.6 is 23.1 Å². The first-order valence-electron chi connectivity index (χ1n) is 11.7. The van der Waals surface area contributed by atoms with E-state index in [4.69, 9.17) is 0 Å². The van der Waals surface area contributed by atoms with Crippen LogP contribution in [0.15, 0.2) is 95.3 Å². The van der Waals surface area contributed by atoms with Crippen LogP contribution in [0.3, 0.4) is 0 Å². The number of rotatable bonds is 9. The van der Waals surface area contributed by atoms with Crippen LogP contribution in [0.4, 0.5) is 5.69 Å². The molecule has 0 aliphatic heterocycles. The second kappa shape index (κ2) is 11.4. The Bertz CT molecular complexity index is 1510. The molecule has 0 saturated heterocycles. The van der Waals surface area contributed by atoms with Gasteiger partial charge in [0.15, 0.2) is 4.34 Å². The van der Waals surface area contributed by atoms with Gasteiger partial charge in [-0.2, -0.15) is 0 Å². The molecule has 36 heavy (non-hydrogen) atoms. The summed E-state index contributed by atoms with van der Waals surface area (Å²) in [6.45, 7) is 0.616. The van der Waals surface area contributed by atoms with Gasteiger partial charge < -0.3 is 10.6 Å². The van der Waals surface area contributed by atoms with Crippen LogP contribution in [-0.2, 0) is 22.4 Å². The first kappa shape index (κ1) is 24.0. The molecule has 4 aromatic carbocycles. The third kappa shape index (κ3) is 6.11. The van der Waals surface area contributed by atoms with Crippen molar-refractivity contribution < 1.29 is 9.59 Å². The third-order valence-electron chi connectivity index (χ3n) is 5.79. The molecular formula is C29H25N3O2S2. The van der Waals surface area contributed by atoms with Crippen LogP contribution in [0, 0.1) is 0 Å². The van der Waals surface area contributed by atoms with Crippen molar-refractivity contribution in [3.05, 3.63) is 102 Å². The number of carbonyl (C=O) groups is 2. The summed E-state index contributed by atoms with van der Waals surface area (Å²) in [5.41, 5.74) is 3.81. The highest BCUT2D eigenvalue weighted by atomic mass is 32.2. The molecule has 0 aliphatic carbocycles. The minimum atomic E-state index is -0.0583. The Balaban J connectivity index is 1.15. The normalized spacial score (nSPS) is 11.0. The first-order chi connectivity index (χ1) is 17.6. The van der Waals surface area contributed by atoms with Crippen molar-refractivity contribution in [1.82, 2.24) is 10.3 Å². The average molecular weight is 512 g/mol. The van der Waals surface area contributed by atoms with Gasteiger partial charge in [-0.1, -0.05) is 84.6 Å². The molecule has 0 bridgehead atoms. The quantitative estimate of drug-likeness (QED) is 0.235. The Morgan fingerprint density at radius 1 is 0.861 bits per heavy atom. The maximum Gasteiger partial charge on any atom is 0.230 e. The van der Waals surface area contributed by atoms with Gasteiger partial charge in [-0.3, -0.25) is 9.59 Å². The van der Waals surface area contributed by atoms with Crippen LogP contribution in [-0.4, -0.2) is 29.1 Å². The van der Waals surface area contributed by atoms with Crippen molar-refractivity contribution in [2.45, 2.75) is 17.2 Å². The van der Waals surface area contributed by atoms with E-state index in [0.717, 1.165) is 43.0 Å². The number of hydrogen-bond donors (Lipinski definition) is 2. The zero-order valence-electron chi connectivity index (χ0n) is 19.6. The molecule has 5 nitrogen and oxygen atoms in total.